The second-order valence-electron chi connectivity index (χ2n) is 6.34. The van der Waals surface area contributed by atoms with E-state index >= 15 is 0 Å². The first kappa shape index (κ1) is 15.4. The molecule has 3 aromatic rings. The quantitative estimate of drug-likeness (QED) is 0.509. The summed E-state index contributed by atoms with van der Waals surface area (Å²) in [5, 5.41) is 1.67. The highest BCUT2D eigenvalue weighted by Crippen LogP contribution is 2.35. The number of rotatable bonds is 2. The summed E-state index contributed by atoms with van der Waals surface area (Å²) in [5.74, 6) is 0. The Balaban J connectivity index is 1.96. The van der Waals surface area contributed by atoms with E-state index < -0.39 is 0 Å². The fraction of sp³-hybridized carbons (Fsp3) is 0.211. The standard InChI is InChI=1S/C19H18ClNS/c1-19(2,3)13-8-10-14(11-9-13)22-17-12-18(20)21-16-7-5-4-6-15(16)17/h4-12H,1-3H3. The zero-order chi connectivity index (χ0) is 15.7. The molecule has 2 aromatic carbocycles. The van der Waals surface area contributed by atoms with Crippen molar-refractivity contribution in [2.75, 3.05) is 0 Å². The van der Waals surface area contributed by atoms with Gasteiger partial charge in [0.25, 0.3) is 0 Å². The number of fused-ring (bicyclic) bond motifs is 1. The third-order valence-corrected chi connectivity index (χ3v) is 4.85. The summed E-state index contributed by atoms with van der Waals surface area (Å²) in [5.41, 5.74) is 2.45. The summed E-state index contributed by atoms with van der Waals surface area (Å²) in [7, 11) is 0. The van der Waals surface area contributed by atoms with Crippen LogP contribution < -0.4 is 0 Å². The largest absolute Gasteiger partial charge is 0.236 e. The van der Waals surface area contributed by atoms with Crippen LogP contribution in [0.3, 0.4) is 0 Å². The molecular formula is C19H18ClNS. The van der Waals surface area contributed by atoms with Crippen LogP contribution in [0.4, 0.5) is 0 Å². The number of hydrogen-bond donors (Lipinski definition) is 0. The predicted octanol–water partition coefficient (Wildman–Crippen LogP) is 6.34. The van der Waals surface area contributed by atoms with E-state index in [9.17, 15) is 0 Å². The van der Waals surface area contributed by atoms with Crippen LogP contribution in [0.25, 0.3) is 10.9 Å². The molecule has 1 aromatic heterocycles. The second kappa shape index (κ2) is 5.94. The lowest BCUT2D eigenvalue weighted by atomic mass is 9.87. The van der Waals surface area contributed by atoms with Crippen molar-refractivity contribution >= 4 is 34.3 Å². The van der Waals surface area contributed by atoms with Crippen LogP contribution in [0.5, 0.6) is 0 Å². The van der Waals surface area contributed by atoms with E-state index in [2.05, 4.69) is 56.1 Å². The van der Waals surface area contributed by atoms with Gasteiger partial charge in [-0.2, -0.15) is 0 Å². The Morgan fingerprint density at radius 3 is 2.32 bits per heavy atom. The van der Waals surface area contributed by atoms with Gasteiger partial charge in [-0.1, -0.05) is 74.5 Å². The highest BCUT2D eigenvalue weighted by Gasteiger charge is 2.13. The highest BCUT2D eigenvalue weighted by molar-refractivity contribution is 7.99. The van der Waals surface area contributed by atoms with E-state index in [1.54, 1.807) is 11.8 Å². The summed E-state index contributed by atoms with van der Waals surface area (Å²) in [6.45, 7) is 6.68. The molecule has 0 bridgehead atoms. The minimum Gasteiger partial charge on any atom is -0.236 e. The fourth-order valence-corrected chi connectivity index (χ4v) is 3.59. The van der Waals surface area contributed by atoms with Crippen molar-refractivity contribution in [1.29, 1.82) is 0 Å². The molecule has 3 heteroatoms. The molecule has 22 heavy (non-hydrogen) atoms. The summed E-state index contributed by atoms with van der Waals surface area (Å²) in [6, 6.07) is 18.8. The Bertz CT molecular complexity index is 804. The molecular weight excluding hydrogens is 310 g/mol. The molecule has 0 atom stereocenters. The van der Waals surface area contributed by atoms with Crippen molar-refractivity contribution in [1.82, 2.24) is 4.98 Å². The van der Waals surface area contributed by atoms with Gasteiger partial charge >= 0.3 is 0 Å². The van der Waals surface area contributed by atoms with E-state index in [0.717, 1.165) is 15.8 Å². The highest BCUT2D eigenvalue weighted by atomic mass is 35.5. The third-order valence-electron chi connectivity index (χ3n) is 3.60. The van der Waals surface area contributed by atoms with Crippen LogP contribution in [-0.2, 0) is 5.41 Å². The predicted molar refractivity (Wildman–Crippen MR) is 96.0 cm³/mol. The molecule has 1 heterocycles. The van der Waals surface area contributed by atoms with Gasteiger partial charge in [-0.25, -0.2) is 4.98 Å². The molecule has 0 aliphatic rings. The molecule has 1 nitrogen and oxygen atoms in total. The van der Waals surface area contributed by atoms with Crippen LogP contribution in [0.15, 0.2) is 64.4 Å². The zero-order valence-electron chi connectivity index (χ0n) is 12.9. The van der Waals surface area contributed by atoms with E-state index in [0.29, 0.717) is 5.15 Å². The maximum Gasteiger partial charge on any atom is 0.130 e. The topological polar surface area (TPSA) is 12.9 Å². The lowest BCUT2D eigenvalue weighted by Crippen LogP contribution is -2.10. The molecule has 0 saturated heterocycles. The van der Waals surface area contributed by atoms with Crippen molar-refractivity contribution in [3.05, 3.63) is 65.3 Å². The van der Waals surface area contributed by atoms with E-state index in [1.807, 2.05) is 24.3 Å². The normalized spacial score (nSPS) is 11.8. The number of pyridine rings is 1. The number of halogens is 1. The van der Waals surface area contributed by atoms with Crippen molar-refractivity contribution in [2.45, 2.75) is 36.0 Å². The van der Waals surface area contributed by atoms with Gasteiger partial charge in [0, 0.05) is 15.2 Å². The lowest BCUT2D eigenvalue weighted by Gasteiger charge is -2.19. The molecule has 0 aliphatic carbocycles. The van der Waals surface area contributed by atoms with Gasteiger partial charge in [-0.15, -0.1) is 0 Å². The van der Waals surface area contributed by atoms with E-state index in [-0.39, 0.29) is 5.41 Å². The molecule has 0 fully saturated rings. The Morgan fingerprint density at radius 1 is 0.955 bits per heavy atom. The average Bonchev–Trinajstić information content (AvgIpc) is 2.46. The van der Waals surface area contributed by atoms with Gasteiger partial charge in [-0.3, -0.25) is 0 Å². The Morgan fingerprint density at radius 2 is 1.64 bits per heavy atom. The van der Waals surface area contributed by atoms with Crippen LogP contribution in [0.2, 0.25) is 5.15 Å². The molecule has 3 rings (SSSR count). The van der Waals surface area contributed by atoms with Crippen molar-refractivity contribution in [3.63, 3.8) is 0 Å². The Labute approximate surface area is 140 Å². The zero-order valence-corrected chi connectivity index (χ0v) is 14.5. The summed E-state index contributed by atoms with van der Waals surface area (Å²) >= 11 is 7.88. The molecule has 0 radical (unpaired) electrons. The molecule has 112 valence electrons. The van der Waals surface area contributed by atoms with Crippen LogP contribution in [0.1, 0.15) is 26.3 Å². The Hall–Kier alpha value is -1.51. The summed E-state index contributed by atoms with van der Waals surface area (Å²) in [4.78, 5) is 6.72. The first-order valence-corrected chi connectivity index (χ1v) is 8.46. The molecule has 0 saturated carbocycles. The van der Waals surface area contributed by atoms with Gasteiger partial charge in [0.15, 0.2) is 0 Å². The van der Waals surface area contributed by atoms with Crippen LogP contribution in [-0.4, -0.2) is 4.98 Å². The van der Waals surface area contributed by atoms with Crippen molar-refractivity contribution in [3.8, 4) is 0 Å². The molecule has 0 aliphatic heterocycles. The van der Waals surface area contributed by atoms with Gasteiger partial charge in [0.2, 0.25) is 0 Å². The van der Waals surface area contributed by atoms with Crippen molar-refractivity contribution in [2.24, 2.45) is 0 Å². The molecule has 0 amide bonds. The first-order valence-electron chi connectivity index (χ1n) is 7.27. The van der Waals surface area contributed by atoms with E-state index in [1.165, 1.54) is 10.5 Å². The minimum atomic E-state index is 0.176. The molecule has 0 spiro atoms. The van der Waals surface area contributed by atoms with Gasteiger partial charge in [0.05, 0.1) is 5.52 Å². The maximum atomic E-state index is 6.15. The molecule has 0 unspecified atom stereocenters. The smallest absolute Gasteiger partial charge is 0.130 e. The van der Waals surface area contributed by atoms with Crippen LogP contribution in [0, 0.1) is 0 Å². The number of aromatic nitrogens is 1. The SMILES string of the molecule is CC(C)(C)c1ccc(Sc2cc(Cl)nc3ccccc23)cc1. The van der Waals surface area contributed by atoms with Crippen molar-refractivity contribution < 1.29 is 0 Å². The van der Waals surface area contributed by atoms with Crippen LogP contribution >= 0.6 is 23.4 Å². The number of hydrogen-bond acceptors (Lipinski definition) is 2. The number of nitrogens with zero attached hydrogens (tertiary/aromatic N) is 1. The second-order valence-corrected chi connectivity index (χ2v) is 7.84. The lowest BCUT2D eigenvalue weighted by molar-refractivity contribution is 0.590. The van der Waals surface area contributed by atoms with Gasteiger partial charge in [0.1, 0.15) is 5.15 Å². The minimum absolute atomic E-state index is 0.176. The fourth-order valence-electron chi connectivity index (χ4n) is 2.35. The first-order chi connectivity index (χ1) is 10.4. The number of benzene rings is 2. The third kappa shape index (κ3) is 3.29. The van der Waals surface area contributed by atoms with Gasteiger partial charge in [-0.05, 0) is 35.2 Å². The number of para-hydroxylation sites is 1. The maximum absolute atomic E-state index is 6.15. The monoisotopic (exact) mass is 327 g/mol. The molecule has 0 N–H and O–H groups in total. The van der Waals surface area contributed by atoms with Gasteiger partial charge < -0.3 is 0 Å². The van der Waals surface area contributed by atoms with E-state index in [4.69, 9.17) is 11.6 Å². The summed E-state index contributed by atoms with van der Waals surface area (Å²) < 4.78 is 0. The Kier molecular flexibility index (Phi) is 4.16. The summed E-state index contributed by atoms with van der Waals surface area (Å²) in [6.07, 6.45) is 0. The average molecular weight is 328 g/mol.